The van der Waals surface area contributed by atoms with E-state index < -0.39 is 0 Å². The van der Waals surface area contributed by atoms with Crippen molar-refractivity contribution in [2.45, 2.75) is 25.0 Å². The Balaban J connectivity index is 0.00000128. The van der Waals surface area contributed by atoms with Gasteiger partial charge in [-0.3, -0.25) is 4.79 Å². The van der Waals surface area contributed by atoms with Crippen LogP contribution in [0.4, 0.5) is 0 Å². The Bertz CT molecular complexity index is 216. The van der Waals surface area contributed by atoms with Crippen LogP contribution in [0.3, 0.4) is 0 Å². The van der Waals surface area contributed by atoms with E-state index in [0.29, 0.717) is 19.8 Å². The molecule has 6 heteroatoms. The highest BCUT2D eigenvalue weighted by Crippen LogP contribution is 2.06. The number of morpholine rings is 1. The van der Waals surface area contributed by atoms with Gasteiger partial charge in [0, 0.05) is 19.7 Å². The van der Waals surface area contributed by atoms with Gasteiger partial charge in [-0.1, -0.05) is 0 Å². The van der Waals surface area contributed by atoms with Crippen LogP contribution in [-0.2, 0) is 14.3 Å². The molecule has 2 aliphatic rings. The average Bonchev–Trinajstić information content (AvgIpc) is 2.31. The number of amides is 1. The largest absolute Gasteiger partial charge is 0.379 e. The van der Waals surface area contributed by atoms with Crippen LogP contribution in [0.2, 0.25) is 0 Å². The molecule has 0 saturated carbocycles. The van der Waals surface area contributed by atoms with Gasteiger partial charge in [-0.15, -0.1) is 12.4 Å². The standard InChI is InChI=1S/C10H18N2O3.ClH/c13-10(9-6-11-3-5-15-9)12-8-2-1-4-14-7-8;/h8-9,11H,1-7H2,(H,12,13);1H. The van der Waals surface area contributed by atoms with Crippen molar-refractivity contribution in [1.82, 2.24) is 10.6 Å². The zero-order valence-corrected chi connectivity index (χ0v) is 10.1. The maximum absolute atomic E-state index is 11.7. The molecule has 94 valence electrons. The Hall–Kier alpha value is -0.360. The lowest BCUT2D eigenvalue weighted by molar-refractivity contribution is -0.135. The van der Waals surface area contributed by atoms with Crippen molar-refractivity contribution < 1.29 is 14.3 Å². The Kier molecular flexibility index (Phi) is 6.05. The monoisotopic (exact) mass is 250 g/mol. The smallest absolute Gasteiger partial charge is 0.250 e. The van der Waals surface area contributed by atoms with Crippen LogP contribution in [0.5, 0.6) is 0 Å². The summed E-state index contributed by atoms with van der Waals surface area (Å²) in [7, 11) is 0. The quantitative estimate of drug-likeness (QED) is 0.706. The van der Waals surface area contributed by atoms with Crippen molar-refractivity contribution in [3.8, 4) is 0 Å². The highest BCUT2D eigenvalue weighted by Gasteiger charge is 2.24. The number of nitrogens with one attached hydrogen (secondary N) is 2. The molecular weight excluding hydrogens is 232 g/mol. The third-order valence-electron chi connectivity index (χ3n) is 2.73. The van der Waals surface area contributed by atoms with Crippen molar-refractivity contribution in [3.05, 3.63) is 0 Å². The molecule has 2 atom stereocenters. The van der Waals surface area contributed by atoms with E-state index in [-0.39, 0.29) is 30.5 Å². The second-order valence-corrected chi connectivity index (χ2v) is 3.99. The van der Waals surface area contributed by atoms with E-state index in [1.54, 1.807) is 0 Å². The van der Waals surface area contributed by atoms with Crippen LogP contribution < -0.4 is 10.6 Å². The lowest BCUT2D eigenvalue weighted by atomic mass is 10.1. The molecule has 0 aromatic carbocycles. The fourth-order valence-electron chi connectivity index (χ4n) is 1.88. The van der Waals surface area contributed by atoms with E-state index in [1.807, 2.05) is 0 Å². The first-order valence-electron chi connectivity index (χ1n) is 5.57. The van der Waals surface area contributed by atoms with Crippen molar-refractivity contribution in [1.29, 1.82) is 0 Å². The number of carbonyl (C=O) groups is 1. The summed E-state index contributed by atoms with van der Waals surface area (Å²) in [6.45, 7) is 3.49. The van der Waals surface area contributed by atoms with Gasteiger partial charge in [-0.25, -0.2) is 0 Å². The SMILES string of the molecule is Cl.O=C(NC1CCCOC1)C1CNCCO1. The van der Waals surface area contributed by atoms with Crippen molar-refractivity contribution in [2.75, 3.05) is 32.9 Å². The van der Waals surface area contributed by atoms with Crippen LogP contribution in [0.15, 0.2) is 0 Å². The van der Waals surface area contributed by atoms with Gasteiger partial charge in [0.2, 0.25) is 0 Å². The first-order chi connectivity index (χ1) is 7.36. The van der Waals surface area contributed by atoms with E-state index in [2.05, 4.69) is 10.6 Å². The number of ether oxygens (including phenoxy) is 2. The number of hydrogen-bond acceptors (Lipinski definition) is 4. The minimum Gasteiger partial charge on any atom is -0.379 e. The Labute approximate surface area is 102 Å². The summed E-state index contributed by atoms with van der Waals surface area (Å²) in [4.78, 5) is 11.7. The van der Waals surface area contributed by atoms with Gasteiger partial charge in [0.05, 0.1) is 19.3 Å². The zero-order valence-electron chi connectivity index (χ0n) is 9.24. The molecule has 0 aromatic rings. The predicted octanol–water partition coefficient (Wildman–Crippen LogP) is -0.308. The molecule has 2 saturated heterocycles. The molecule has 0 aliphatic carbocycles. The molecule has 2 fully saturated rings. The van der Waals surface area contributed by atoms with Gasteiger partial charge in [0.15, 0.2) is 0 Å². The molecular formula is C10H19ClN2O3. The van der Waals surface area contributed by atoms with Crippen LogP contribution in [0, 0.1) is 0 Å². The normalized spacial score (nSPS) is 30.2. The van der Waals surface area contributed by atoms with Crippen molar-refractivity contribution in [3.63, 3.8) is 0 Å². The van der Waals surface area contributed by atoms with Gasteiger partial charge in [0.25, 0.3) is 5.91 Å². The maximum atomic E-state index is 11.7. The molecule has 2 aliphatic heterocycles. The first-order valence-corrected chi connectivity index (χ1v) is 5.57. The summed E-state index contributed by atoms with van der Waals surface area (Å²) in [6, 6.07) is 0.164. The molecule has 5 nitrogen and oxygen atoms in total. The van der Waals surface area contributed by atoms with Crippen LogP contribution in [0.1, 0.15) is 12.8 Å². The van der Waals surface area contributed by atoms with Gasteiger partial charge in [-0.2, -0.15) is 0 Å². The van der Waals surface area contributed by atoms with Crippen molar-refractivity contribution >= 4 is 18.3 Å². The second kappa shape index (κ2) is 7.06. The third-order valence-corrected chi connectivity index (χ3v) is 2.73. The van der Waals surface area contributed by atoms with Crippen LogP contribution in [-0.4, -0.2) is 51.0 Å². The van der Waals surface area contributed by atoms with Gasteiger partial charge in [0.1, 0.15) is 6.10 Å². The average molecular weight is 251 g/mol. The van der Waals surface area contributed by atoms with Crippen LogP contribution in [0.25, 0.3) is 0 Å². The van der Waals surface area contributed by atoms with E-state index in [1.165, 1.54) is 0 Å². The number of carbonyl (C=O) groups excluding carboxylic acids is 1. The fourth-order valence-corrected chi connectivity index (χ4v) is 1.88. The minimum atomic E-state index is -0.333. The number of rotatable bonds is 2. The molecule has 1 amide bonds. The molecule has 0 radical (unpaired) electrons. The summed E-state index contributed by atoms with van der Waals surface area (Å²) < 4.78 is 10.7. The molecule has 2 heterocycles. The summed E-state index contributed by atoms with van der Waals surface area (Å²) in [5.41, 5.74) is 0. The van der Waals surface area contributed by atoms with Crippen molar-refractivity contribution in [2.24, 2.45) is 0 Å². The topological polar surface area (TPSA) is 59.6 Å². The summed E-state index contributed by atoms with van der Waals surface area (Å²) >= 11 is 0. The summed E-state index contributed by atoms with van der Waals surface area (Å²) in [5.74, 6) is -0.0160. The van der Waals surface area contributed by atoms with E-state index >= 15 is 0 Å². The molecule has 16 heavy (non-hydrogen) atoms. The highest BCUT2D eigenvalue weighted by atomic mass is 35.5. The fraction of sp³-hybridized carbons (Fsp3) is 0.900. The van der Waals surface area contributed by atoms with E-state index in [9.17, 15) is 4.79 Å². The molecule has 0 bridgehead atoms. The summed E-state index contributed by atoms with van der Waals surface area (Å²) in [5, 5.41) is 6.10. The lowest BCUT2D eigenvalue weighted by Gasteiger charge is -2.27. The first kappa shape index (κ1) is 13.7. The Morgan fingerprint density at radius 1 is 1.38 bits per heavy atom. The van der Waals surface area contributed by atoms with E-state index in [4.69, 9.17) is 9.47 Å². The molecule has 0 spiro atoms. The lowest BCUT2D eigenvalue weighted by Crippen LogP contribution is -2.51. The highest BCUT2D eigenvalue weighted by molar-refractivity contribution is 5.85. The van der Waals surface area contributed by atoms with Gasteiger partial charge < -0.3 is 20.1 Å². The predicted molar refractivity (Wildman–Crippen MR) is 61.8 cm³/mol. The van der Waals surface area contributed by atoms with Gasteiger partial charge in [-0.05, 0) is 12.8 Å². The molecule has 2 unspecified atom stereocenters. The molecule has 2 N–H and O–H groups in total. The number of halogens is 1. The van der Waals surface area contributed by atoms with Gasteiger partial charge >= 0.3 is 0 Å². The second-order valence-electron chi connectivity index (χ2n) is 3.99. The zero-order chi connectivity index (χ0) is 10.5. The molecule has 0 aromatic heterocycles. The van der Waals surface area contributed by atoms with E-state index in [0.717, 1.165) is 26.0 Å². The minimum absolute atomic E-state index is 0. The Morgan fingerprint density at radius 3 is 2.88 bits per heavy atom. The molecule has 2 rings (SSSR count). The summed E-state index contributed by atoms with van der Waals surface area (Å²) in [6.07, 6.45) is 1.70. The van der Waals surface area contributed by atoms with Crippen LogP contribution >= 0.6 is 12.4 Å². The number of hydrogen-bond donors (Lipinski definition) is 2. The Morgan fingerprint density at radius 2 is 2.25 bits per heavy atom. The third kappa shape index (κ3) is 3.90. The maximum Gasteiger partial charge on any atom is 0.250 e.